The van der Waals surface area contributed by atoms with E-state index in [0.29, 0.717) is 12.0 Å². The Morgan fingerprint density at radius 1 is 1.47 bits per heavy atom. The molecule has 6 heteroatoms. The predicted molar refractivity (Wildman–Crippen MR) is 70.3 cm³/mol. The standard InChI is InChI=1S/C13H17N3O3/c14-13(5-2-6-13)8-12(17)15-9-10-3-1-4-11(7-10)16(18)19/h1,3-4,7H,2,5-6,8-9,14H2,(H,15,17). The molecular weight excluding hydrogens is 246 g/mol. The number of carbonyl (C=O) groups excluding carboxylic acids is 1. The lowest BCUT2D eigenvalue weighted by Crippen LogP contribution is -2.49. The molecule has 0 bridgehead atoms. The molecule has 102 valence electrons. The van der Waals surface area contributed by atoms with Gasteiger partial charge in [0.15, 0.2) is 0 Å². The van der Waals surface area contributed by atoms with Crippen LogP contribution < -0.4 is 11.1 Å². The molecule has 1 amide bonds. The van der Waals surface area contributed by atoms with Crippen LogP contribution in [0.25, 0.3) is 0 Å². The molecule has 6 nitrogen and oxygen atoms in total. The summed E-state index contributed by atoms with van der Waals surface area (Å²) >= 11 is 0. The zero-order chi connectivity index (χ0) is 13.9. The summed E-state index contributed by atoms with van der Waals surface area (Å²) in [5, 5.41) is 13.4. The molecule has 1 aromatic carbocycles. The Bertz CT molecular complexity index is 498. The molecule has 1 aliphatic carbocycles. The van der Waals surface area contributed by atoms with Gasteiger partial charge in [-0.1, -0.05) is 12.1 Å². The third-order valence-electron chi connectivity index (χ3n) is 3.47. The minimum Gasteiger partial charge on any atom is -0.352 e. The van der Waals surface area contributed by atoms with Crippen molar-refractivity contribution in [2.45, 2.75) is 37.8 Å². The third-order valence-corrected chi connectivity index (χ3v) is 3.47. The molecule has 1 saturated carbocycles. The first-order valence-electron chi connectivity index (χ1n) is 6.27. The number of nitro groups is 1. The fourth-order valence-corrected chi connectivity index (χ4v) is 2.17. The zero-order valence-corrected chi connectivity index (χ0v) is 10.6. The number of nitrogens with two attached hydrogens (primary N) is 1. The molecule has 0 aromatic heterocycles. The highest BCUT2D eigenvalue weighted by molar-refractivity contribution is 5.77. The van der Waals surface area contributed by atoms with Crippen LogP contribution in [-0.4, -0.2) is 16.4 Å². The predicted octanol–water partition coefficient (Wildman–Crippen LogP) is 1.48. The Morgan fingerprint density at radius 3 is 2.79 bits per heavy atom. The van der Waals surface area contributed by atoms with Crippen LogP contribution in [0.5, 0.6) is 0 Å². The van der Waals surface area contributed by atoms with Gasteiger partial charge in [0.1, 0.15) is 0 Å². The van der Waals surface area contributed by atoms with Gasteiger partial charge < -0.3 is 11.1 Å². The number of nitrogens with one attached hydrogen (secondary N) is 1. The average molecular weight is 263 g/mol. The molecule has 0 radical (unpaired) electrons. The molecule has 0 saturated heterocycles. The molecule has 19 heavy (non-hydrogen) atoms. The van der Waals surface area contributed by atoms with Crippen LogP contribution in [0.2, 0.25) is 0 Å². The van der Waals surface area contributed by atoms with Crippen molar-refractivity contribution in [1.82, 2.24) is 5.32 Å². The van der Waals surface area contributed by atoms with Crippen molar-refractivity contribution in [3.05, 3.63) is 39.9 Å². The summed E-state index contributed by atoms with van der Waals surface area (Å²) < 4.78 is 0. The van der Waals surface area contributed by atoms with Crippen molar-refractivity contribution in [1.29, 1.82) is 0 Å². The first kappa shape index (κ1) is 13.5. The number of hydrogen-bond acceptors (Lipinski definition) is 4. The van der Waals surface area contributed by atoms with E-state index in [1.165, 1.54) is 12.1 Å². The summed E-state index contributed by atoms with van der Waals surface area (Å²) in [6, 6.07) is 6.24. The third kappa shape index (κ3) is 3.51. The number of nitro benzene ring substituents is 1. The van der Waals surface area contributed by atoms with Gasteiger partial charge in [0.2, 0.25) is 5.91 Å². The molecular formula is C13H17N3O3. The highest BCUT2D eigenvalue weighted by Gasteiger charge is 2.34. The lowest BCUT2D eigenvalue weighted by atomic mass is 9.75. The maximum Gasteiger partial charge on any atom is 0.269 e. The van der Waals surface area contributed by atoms with Gasteiger partial charge in [-0.05, 0) is 24.8 Å². The van der Waals surface area contributed by atoms with Crippen LogP contribution in [-0.2, 0) is 11.3 Å². The summed E-state index contributed by atoms with van der Waals surface area (Å²) in [7, 11) is 0. The fourth-order valence-electron chi connectivity index (χ4n) is 2.17. The molecule has 0 unspecified atom stereocenters. The summed E-state index contributed by atoms with van der Waals surface area (Å²) in [4.78, 5) is 21.9. The van der Waals surface area contributed by atoms with E-state index in [1.54, 1.807) is 12.1 Å². The number of non-ortho nitro benzene ring substituents is 1. The highest BCUT2D eigenvalue weighted by Crippen LogP contribution is 2.31. The van der Waals surface area contributed by atoms with E-state index in [1.807, 2.05) is 0 Å². The molecule has 3 N–H and O–H groups in total. The van der Waals surface area contributed by atoms with Gasteiger partial charge in [0.25, 0.3) is 5.69 Å². The van der Waals surface area contributed by atoms with Crippen molar-refractivity contribution in [3.8, 4) is 0 Å². The molecule has 0 aliphatic heterocycles. The monoisotopic (exact) mass is 263 g/mol. The Morgan fingerprint density at radius 2 is 2.21 bits per heavy atom. The first-order chi connectivity index (χ1) is 8.98. The van der Waals surface area contributed by atoms with Crippen molar-refractivity contribution >= 4 is 11.6 Å². The summed E-state index contributed by atoms with van der Waals surface area (Å²) in [6.07, 6.45) is 3.17. The fraction of sp³-hybridized carbons (Fsp3) is 0.462. The topological polar surface area (TPSA) is 98.3 Å². The van der Waals surface area contributed by atoms with Gasteiger partial charge in [-0.15, -0.1) is 0 Å². The van der Waals surface area contributed by atoms with Crippen molar-refractivity contribution < 1.29 is 9.72 Å². The molecule has 0 heterocycles. The van der Waals surface area contributed by atoms with E-state index < -0.39 is 4.92 Å². The van der Waals surface area contributed by atoms with Crippen molar-refractivity contribution in [3.63, 3.8) is 0 Å². The Hall–Kier alpha value is -1.95. The quantitative estimate of drug-likeness (QED) is 0.621. The van der Waals surface area contributed by atoms with E-state index in [4.69, 9.17) is 5.73 Å². The molecule has 2 rings (SSSR count). The number of hydrogen-bond donors (Lipinski definition) is 2. The Kier molecular flexibility index (Phi) is 3.80. The largest absolute Gasteiger partial charge is 0.352 e. The minimum absolute atomic E-state index is 0.0287. The molecule has 1 aromatic rings. The van der Waals surface area contributed by atoms with E-state index >= 15 is 0 Å². The van der Waals surface area contributed by atoms with Crippen LogP contribution >= 0.6 is 0 Å². The number of benzene rings is 1. The van der Waals surface area contributed by atoms with Crippen LogP contribution in [0.3, 0.4) is 0 Å². The SMILES string of the molecule is NC1(CC(=O)NCc2cccc([N+](=O)[O-])c2)CCC1. The lowest BCUT2D eigenvalue weighted by molar-refractivity contribution is -0.384. The zero-order valence-electron chi connectivity index (χ0n) is 10.6. The number of amides is 1. The van der Waals surface area contributed by atoms with Gasteiger partial charge in [0.05, 0.1) is 4.92 Å². The van der Waals surface area contributed by atoms with Gasteiger partial charge in [-0.25, -0.2) is 0 Å². The number of nitrogens with zero attached hydrogens (tertiary/aromatic N) is 1. The van der Waals surface area contributed by atoms with Gasteiger partial charge >= 0.3 is 0 Å². The van der Waals surface area contributed by atoms with Crippen molar-refractivity contribution in [2.24, 2.45) is 5.73 Å². The summed E-state index contributed by atoms with van der Waals surface area (Å²) in [5.41, 5.74) is 6.39. The summed E-state index contributed by atoms with van der Waals surface area (Å²) in [6.45, 7) is 0.288. The second-order valence-electron chi connectivity index (χ2n) is 5.10. The van der Waals surface area contributed by atoms with E-state index in [-0.39, 0.29) is 23.7 Å². The minimum atomic E-state index is -0.450. The maximum absolute atomic E-state index is 11.7. The van der Waals surface area contributed by atoms with Crippen LogP contribution in [0.1, 0.15) is 31.2 Å². The Balaban J connectivity index is 1.86. The average Bonchev–Trinajstić information content (AvgIpc) is 2.35. The smallest absolute Gasteiger partial charge is 0.269 e. The Labute approximate surface area is 111 Å². The second kappa shape index (κ2) is 5.36. The van der Waals surface area contributed by atoms with E-state index in [0.717, 1.165) is 19.3 Å². The molecule has 0 atom stereocenters. The van der Waals surface area contributed by atoms with Crippen molar-refractivity contribution in [2.75, 3.05) is 0 Å². The van der Waals surface area contributed by atoms with E-state index in [2.05, 4.69) is 5.32 Å². The van der Waals surface area contributed by atoms with E-state index in [9.17, 15) is 14.9 Å². The van der Waals surface area contributed by atoms with Crippen LogP contribution in [0, 0.1) is 10.1 Å². The highest BCUT2D eigenvalue weighted by atomic mass is 16.6. The molecule has 0 spiro atoms. The molecule has 1 aliphatic rings. The van der Waals surface area contributed by atoms with Gasteiger partial charge in [0, 0.05) is 30.6 Å². The lowest BCUT2D eigenvalue weighted by Gasteiger charge is -2.37. The normalized spacial score (nSPS) is 16.5. The maximum atomic E-state index is 11.7. The van der Waals surface area contributed by atoms with Gasteiger partial charge in [-0.2, -0.15) is 0 Å². The van der Waals surface area contributed by atoms with Gasteiger partial charge in [-0.3, -0.25) is 14.9 Å². The number of rotatable bonds is 5. The summed E-state index contributed by atoms with van der Waals surface area (Å²) in [5.74, 6) is -0.103. The second-order valence-corrected chi connectivity index (χ2v) is 5.10. The first-order valence-corrected chi connectivity index (χ1v) is 6.27. The van der Waals surface area contributed by atoms with Crippen LogP contribution in [0.4, 0.5) is 5.69 Å². The van der Waals surface area contributed by atoms with Crippen LogP contribution in [0.15, 0.2) is 24.3 Å². The molecule has 1 fully saturated rings. The number of carbonyl (C=O) groups is 1.